The lowest BCUT2D eigenvalue weighted by atomic mass is 9.87. The maximum atomic E-state index is 14.3. The molecule has 43 heavy (non-hydrogen) atoms. The van der Waals surface area contributed by atoms with Crippen LogP contribution in [0.4, 0.5) is 4.39 Å². The van der Waals surface area contributed by atoms with Gasteiger partial charge in [0.05, 0.1) is 10.7 Å². The SMILES string of the molecule is CCc1nc(Cc2ccccc2Cl)sc1C1CCN(CC2CC(N(C)[C@@H](C(=O)O)C(C)C)CC2c2cccc(F)c2)CC1. The van der Waals surface area contributed by atoms with E-state index in [1.54, 1.807) is 12.1 Å². The summed E-state index contributed by atoms with van der Waals surface area (Å²) in [6.45, 7) is 9.16. The van der Waals surface area contributed by atoms with Gasteiger partial charge >= 0.3 is 5.97 Å². The molecule has 0 amide bonds. The van der Waals surface area contributed by atoms with Gasteiger partial charge in [0, 0.05) is 28.9 Å². The van der Waals surface area contributed by atoms with E-state index in [4.69, 9.17) is 16.6 Å². The number of aromatic nitrogens is 1. The van der Waals surface area contributed by atoms with Crippen molar-refractivity contribution in [2.45, 2.75) is 83.2 Å². The molecule has 2 heterocycles. The summed E-state index contributed by atoms with van der Waals surface area (Å²) >= 11 is 8.30. The van der Waals surface area contributed by atoms with Gasteiger partial charge in [-0.2, -0.15) is 0 Å². The molecule has 5 nitrogen and oxygen atoms in total. The van der Waals surface area contributed by atoms with E-state index in [0.29, 0.717) is 11.8 Å². The third-order valence-electron chi connectivity index (χ3n) is 9.70. The third kappa shape index (κ3) is 7.50. The maximum absolute atomic E-state index is 14.3. The number of carboxylic acids is 1. The molecule has 1 aromatic heterocycles. The highest BCUT2D eigenvalue weighted by Crippen LogP contribution is 2.44. The van der Waals surface area contributed by atoms with Crippen molar-refractivity contribution in [3.63, 3.8) is 0 Å². The van der Waals surface area contributed by atoms with Gasteiger partial charge in [0.15, 0.2) is 0 Å². The number of benzene rings is 2. The second kappa shape index (κ2) is 14.2. The van der Waals surface area contributed by atoms with E-state index in [1.807, 2.05) is 56.5 Å². The van der Waals surface area contributed by atoms with Crippen LogP contribution in [-0.4, -0.2) is 64.6 Å². The molecule has 4 atom stereocenters. The number of nitrogens with zero attached hydrogens (tertiary/aromatic N) is 3. The van der Waals surface area contributed by atoms with Crippen molar-refractivity contribution < 1.29 is 14.3 Å². The first-order valence-corrected chi connectivity index (χ1v) is 17.0. The zero-order valence-corrected chi connectivity index (χ0v) is 27.4. The molecule has 1 N–H and O–H groups in total. The smallest absolute Gasteiger partial charge is 0.321 e. The summed E-state index contributed by atoms with van der Waals surface area (Å²) in [5.74, 6) is 0.123. The van der Waals surface area contributed by atoms with Crippen molar-refractivity contribution in [2.75, 3.05) is 26.7 Å². The molecular formula is C35H45ClFN3O2S. The first kappa shape index (κ1) is 32.1. The van der Waals surface area contributed by atoms with Gasteiger partial charge in [0.2, 0.25) is 0 Å². The lowest BCUT2D eigenvalue weighted by Gasteiger charge is -2.35. The van der Waals surface area contributed by atoms with Gasteiger partial charge in [-0.25, -0.2) is 9.37 Å². The number of piperidine rings is 1. The van der Waals surface area contributed by atoms with Gasteiger partial charge in [0.1, 0.15) is 11.9 Å². The van der Waals surface area contributed by atoms with Crippen LogP contribution in [0.1, 0.15) is 85.0 Å². The molecule has 3 unspecified atom stereocenters. The Morgan fingerprint density at radius 3 is 2.56 bits per heavy atom. The number of aryl methyl sites for hydroxylation is 1. The average Bonchev–Trinajstić information content (AvgIpc) is 3.58. The van der Waals surface area contributed by atoms with E-state index in [9.17, 15) is 14.3 Å². The van der Waals surface area contributed by atoms with Gasteiger partial charge in [-0.1, -0.05) is 62.7 Å². The number of likely N-dealkylation sites (N-methyl/N-ethyl adjacent to an activating group) is 1. The Labute approximate surface area is 265 Å². The highest BCUT2D eigenvalue weighted by atomic mass is 35.5. The lowest BCUT2D eigenvalue weighted by molar-refractivity contribution is -0.145. The van der Waals surface area contributed by atoms with E-state index in [0.717, 1.165) is 79.3 Å². The maximum Gasteiger partial charge on any atom is 0.321 e. The van der Waals surface area contributed by atoms with E-state index in [1.165, 1.54) is 16.6 Å². The predicted octanol–water partition coefficient (Wildman–Crippen LogP) is 7.87. The number of hydrogen-bond acceptors (Lipinski definition) is 5. The van der Waals surface area contributed by atoms with Crippen LogP contribution in [0.2, 0.25) is 5.02 Å². The molecule has 2 aromatic carbocycles. The molecule has 1 saturated heterocycles. The zero-order chi connectivity index (χ0) is 30.7. The minimum atomic E-state index is -0.769. The molecule has 5 rings (SSSR count). The fourth-order valence-electron chi connectivity index (χ4n) is 7.51. The molecule has 0 bridgehead atoms. The van der Waals surface area contributed by atoms with Crippen molar-refractivity contribution in [1.82, 2.24) is 14.8 Å². The van der Waals surface area contributed by atoms with Crippen LogP contribution in [0, 0.1) is 17.7 Å². The molecule has 1 aliphatic carbocycles. The van der Waals surface area contributed by atoms with Gasteiger partial charge in [-0.3, -0.25) is 9.69 Å². The molecule has 3 aromatic rings. The summed E-state index contributed by atoms with van der Waals surface area (Å²) in [6, 6.07) is 14.7. The standard InChI is InChI=1S/C35H45ClFN3O2S/c1-5-31-34(43-32(38-31)19-25-9-6-7-12-30(25)36)23-13-15-40(16-14-23)21-26-18-28(39(4)33(22(2)3)35(41)42)20-29(26)24-10-8-11-27(37)17-24/h6-12,17,22-23,26,28-29,33H,5,13-16,18-21H2,1-4H3,(H,41,42)/t26?,28?,29?,33-/m1/s1. The summed E-state index contributed by atoms with van der Waals surface area (Å²) in [5, 5.41) is 11.9. The summed E-state index contributed by atoms with van der Waals surface area (Å²) in [5.41, 5.74) is 3.39. The largest absolute Gasteiger partial charge is 0.480 e. The van der Waals surface area contributed by atoms with Crippen LogP contribution in [0.5, 0.6) is 0 Å². The van der Waals surface area contributed by atoms with Crippen molar-refractivity contribution >= 4 is 28.9 Å². The number of thiazole rings is 1. The fourth-order valence-corrected chi connectivity index (χ4v) is 9.06. The van der Waals surface area contributed by atoms with Crippen molar-refractivity contribution in [1.29, 1.82) is 0 Å². The minimum absolute atomic E-state index is 0.0122. The third-order valence-corrected chi connectivity index (χ3v) is 11.3. The van der Waals surface area contributed by atoms with Crippen LogP contribution in [0.15, 0.2) is 48.5 Å². The summed E-state index contributed by atoms with van der Waals surface area (Å²) in [7, 11) is 1.96. The monoisotopic (exact) mass is 625 g/mol. The van der Waals surface area contributed by atoms with Gasteiger partial charge in [-0.05, 0) is 105 Å². The van der Waals surface area contributed by atoms with Crippen LogP contribution in [0.25, 0.3) is 0 Å². The Hall–Kier alpha value is -2.32. The molecule has 232 valence electrons. The Morgan fingerprint density at radius 1 is 1.16 bits per heavy atom. The highest BCUT2D eigenvalue weighted by molar-refractivity contribution is 7.11. The highest BCUT2D eigenvalue weighted by Gasteiger charge is 2.42. The first-order chi connectivity index (χ1) is 20.6. The Kier molecular flexibility index (Phi) is 10.6. The Morgan fingerprint density at radius 2 is 1.91 bits per heavy atom. The second-order valence-electron chi connectivity index (χ2n) is 12.9. The number of carboxylic acid groups (broad SMARTS) is 1. The van der Waals surface area contributed by atoms with Crippen LogP contribution in [0.3, 0.4) is 0 Å². The molecule has 1 aliphatic heterocycles. The number of aliphatic carboxylic acids is 1. The number of likely N-dealkylation sites (tertiary alicyclic amines) is 1. The van der Waals surface area contributed by atoms with Gasteiger partial charge in [0.25, 0.3) is 0 Å². The Balaban J connectivity index is 1.26. The van der Waals surface area contributed by atoms with Crippen LogP contribution >= 0.6 is 22.9 Å². The normalized spacial score (nSPS) is 22.5. The minimum Gasteiger partial charge on any atom is -0.480 e. The zero-order valence-electron chi connectivity index (χ0n) is 25.8. The predicted molar refractivity (Wildman–Crippen MR) is 174 cm³/mol. The molecule has 8 heteroatoms. The van der Waals surface area contributed by atoms with E-state index in [2.05, 4.69) is 22.8 Å². The molecule has 1 saturated carbocycles. The lowest BCUT2D eigenvalue weighted by Crippen LogP contribution is -2.47. The molecule has 0 radical (unpaired) electrons. The van der Waals surface area contributed by atoms with E-state index < -0.39 is 12.0 Å². The number of rotatable bonds is 11. The number of hydrogen-bond donors (Lipinski definition) is 1. The van der Waals surface area contributed by atoms with Crippen molar-refractivity contribution in [3.8, 4) is 0 Å². The van der Waals surface area contributed by atoms with Crippen LogP contribution < -0.4 is 0 Å². The molecular weight excluding hydrogens is 581 g/mol. The van der Waals surface area contributed by atoms with E-state index in [-0.39, 0.29) is 23.7 Å². The molecule has 0 spiro atoms. The Bertz CT molecular complexity index is 1390. The summed E-state index contributed by atoms with van der Waals surface area (Å²) in [4.78, 5) is 23.3. The van der Waals surface area contributed by atoms with Gasteiger partial charge in [-0.15, -0.1) is 11.3 Å². The number of carbonyl (C=O) groups is 1. The van der Waals surface area contributed by atoms with Crippen molar-refractivity contribution in [3.05, 3.63) is 86.1 Å². The summed E-state index contributed by atoms with van der Waals surface area (Å²) in [6.07, 6.45) is 5.70. The molecule has 2 fully saturated rings. The van der Waals surface area contributed by atoms with E-state index >= 15 is 0 Å². The topological polar surface area (TPSA) is 56.7 Å². The van der Waals surface area contributed by atoms with Crippen molar-refractivity contribution in [2.24, 2.45) is 11.8 Å². The second-order valence-corrected chi connectivity index (χ2v) is 14.4. The molecule has 2 aliphatic rings. The summed E-state index contributed by atoms with van der Waals surface area (Å²) < 4.78 is 14.3. The van der Waals surface area contributed by atoms with Gasteiger partial charge < -0.3 is 10.0 Å². The quantitative estimate of drug-likeness (QED) is 0.235. The van der Waals surface area contributed by atoms with Crippen LogP contribution in [-0.2, 0) is 17.6 Å². The fraction of sp³-hybridized carbons (Fsp3) is 0.543. The first-order valence-electron chi connectivity index (χ1n) is 15.8. The average molecular weight is 626 g/mol. The number of halogens is 2.